The third-order valence-electron chi connectivity index (χ3n) is 4.05. The summed E-state index contributed by atoms with van der Waals surface area (Å²) in [5.74, 6) is 0.378. The summed E-state index contributed by atoms with van der Waals surface area (Å²) >= 11 is 0. The van der Waals surface area contributed by atoms with Crippen molar-refractivity contribution >= 4 is 27.6 Å². The Balaban J connectivity index is 1.83. The number of pyridine rings is 1. The minimum absolute atomic E-state index is 0.0533. The maximum absolute atomic E-state index is 9.81. The second-order valence-electron chi connectivity index (χ2n) is 5.82. The number of H-pyrrole nitrogens is 1. The molecule has 0 aliphatic heterocycles. The lowest BCUT2D eigenvalue weighted by atomic mass is 10.1. The fourth-order valence-corrected chi connectivity index (χ4v) is 2.88. The Morgan fingerprint density at radius 2 is 2.20 bits per heavy atom. The number of anilines is 1. The van der Waals surface area contributed by atoms with Crippen LogP contribution in [0.3, 0.4) is 0 Å². The molecule has 1 atom stereocenters. The van der Waals surface area contributed by atoms with Crippen LogP contribution in [0.2, 0.25) is 0 Å². The van der Waals surface area contributed by atoms with Gasteiger partial charge in [0.25, 0.3) is 0 Å². The first-order valence-electron chi connectivity index (χ1n) is 7.77. The monoisotopic (exact) mass is 333 g/mol. The van der Waals surface area contributed by atoms with Crippen LogP contribution in [-0.4, -0.2) is 36.2 Å². The van der Waals surface area contributed by atoms with Gasteiger partial charge in [0.1, 0.15) is 11.3 Å². The quantitative estimate of drug-likeness (QED) is 0.522. The Morgan fingerprint density at radius 3 is 2.96 bits per heavy atom. The van der Waals surface area contributed by atoms with Crippen LogP contribution in [0.15, 0.2) is 36.7 Å². The molecule has 0 amide bonds. The number of nitriles is 1. The smallest absolute Gasteiger partial charge is 0.135 e. The van der Waals surface area contributed by atoms with Gasteiger partial charge in [0, 0.05) is 23.3 Å². The highest BCUT2D eigenvalue weighted by Crippen LogP contribution is 2.29. The Morgan fingerprint density at radius 1 is 1.32 bits per heavy atom. The molecule has 0 saturated heterocycles. The molecule has 8 heteroatoms. The van der Waals surface area contributed by atoms with E-state index in [0.717, 1.165) is 33.1 Å². The van der Waals surface area contributed by atoms with E-state index >= 15 is 0 Å². The minimum atomic E-state index is -0.772. The first kappa shape index (κ1) is 15.1. The van der Waals surface area contributed by atoms with Crippen molar-refractivity contribution in [3.63, 3.8) is 0 Å². The molecular weight excluding hydrogens is 318 g/mol. The molecule has 4 rings (SSSR count). The first-order chi connectivity index (χ1) is 12.2. The lowest BCUT2D eigenvalue weighted by molar-refractivity contribution is 0.154. The van der Waals surface area contributed by atoms with Gasteiger partial charge in [-0.1, -0.05) is 6.07 Å². The summed E-state index contributed by atoms with van der Waals surface area (Å²) in [6, 6.07) is 9.65. The van der Waals surface area contributed by atoms with Gasteiger partial charge < -0.3 is 10.8 Å². The number of nitrogens with zero attached hydrogens (tertiary/aromatic N) is 5. The molecule has 3 heterocycles. The third-order valence-corrected chi connectivity index (χ3v) is 4.05. The normalized spacial score (nSPS) is 12.5. The van der Waals surface area contributed by atoms with Crippen LogP contribution in [0, 0.1) is 11.3 Å². The second-order valence-corrected chi connectivity index (χ2v) is 5.82. The predicted molar refractivity (Wildman–Crippen MR) is 93.3 cm³/mol. The number of aliphatic hydroxyl groups excluding tert-OH is 1. The lowest BCUT2D eigenvalue weighted by Gasteiger charge is -2.05. The summed E-state index contributed by atoms with van der Waals surface area (Å²) in [6.07, 6.45) is 2.79. The fourth-order valence-electron chi connectivity index (χ4n) is 2.88. The van der Waals surface area contributed by atoms with E-state index in [1.54, 1.807) is 17.1 Å². The van der Waals surface area contributed by atoms with E-state index in [4.69, 9.17) is 11.0 Å². The molecule has 0 radical (unpaired) electrons. The number of aromatic amines is 1. The zero-order valence-electron chi connectivity index (χ0n) is 13.2. The van der Waals surface area contributed by atoms with Crippen LogP contribution >= 0.6 is 0 Å². The second kappa shape index (κ2) is 5.89. The molecule has 25 heavy (non-hydrogen) atoms. The number of nitrogen functional groups attached to an aromatic ring is 1. The van der Waals surface area contributed by atoms with Crippen molar-refractivity contribution in [2.24, 2.45) is 0 Å². The summed E-state index contributed by atoms with van der Waals surface area (Å²) in [7, 11) is 0. The maximum Gasteiger partial charge on any atom is 0.135 e. The number of benzene rings is 1. The third kappa shape index (κ3) is 2.66. The Bertz CT molecular complexity index is 1090. The van der Waals surface area contributed by atoms with Crippen LogP contribution in [0.25, 0.3) is 33.1 Å². The number of nitrogens with one attached hydrogen (secondary N) is 1. The molecule has 1 aromatic carbocycles. The molecule has 0 bridgehead atoms. The molecule has 8 nitrogen and oxygen atoms in total. The van der Waals surface area contributed by atoms with Gasteiger partial charge in [-0.25, -0.2) is 4.98 Å². The molecule has 0 aliphatic carbocycles. The van der Waals surface area contributed by atoms with Gasteiger partial charge in [0.15, 0.2) is 0 Å². The van der Waals surface area contributed by atoms with E-state index < -0.39 is 6.10 Å². The van der Waals surface area contributed by atoms with Crippen molar-refractivity contribution in [1.82, 2.24) is 25.0 Å². The number of rotatable bonds is 4. The highest BCUT2D eigenvalue weighted by Gasteiger charge is 2.14. The highest BCUT2D eigenvalue weighted by molar-refractivity contribution is 6.08. The van der Waals surface area contributed by atoms with Crippen molar-refractivity contribution in [2.75, 3.05) is 5.73 Å². The summed E-state index contributed by atoms with van der Waals surface area (Å²) in [6.45, 7) is 0.231. The number of aromatic nitrogens is 5. The van der Waals surface area contributed by atoms with Crippen molar-refractivity contribution in [3.8, 4) is 17.3 Å². The van der Waals surface area contributed by atoms with Gasteiger partial charge in [-0.2, -0.15) is 15.5 Å². The predicted octanol–water partition coefficient (Wildman–Crippen LogP) is 1.83. The standard InChI is InChI=1S/C17H15N7O/c18-5-3-11(25)8-24-9-13-16(23-24)12-2-1-10(14-4-6-20-22-14)7-15(12)21-17(13)19/h1-2,4,6-7,9,11,25H,3,8H2,(H2,19,21)(H,20,22)/t11-/m0/s1. The van der Waals surface area contributed by atoms with E-state index in [0.29, 0.717) is 5.82 Å². The molecule has 0 saturated carbocycles. The summed E-state index contributed by atoms with van der Waals surface area (Å²) in [5.41, 5.74) is 9.31. The fraction of sp³-hybridized carbons (Fsp3) is 0.176. The van der Waals surface area contributed by atoms with Gasteiger partial charge in [-0.15, -0.1) is 0 Å². The van der Waals surface area contributed by atoms with Crippen LogP contribution in [0.5, 0.6) is 0 Å². The van der Waals surface area contributed by atoms with E-state index in [-0.39, 0.29) is 13.0 Å². The summed E-state index contributed by atoms with van der Waals surface area (Å²) in [5, 5.41) is 31.6. The van der Waals surface area contributed by atoms with Crippen molar-refractivity contribution in [3.05, 3.63) is 36.7 Å². The number of aliphatic hydroxyl groups is 1. The van der Waals surface area contributed by atoms with Crippen LogP contribution in [-0.2, 0) is 6.54 Å². The molecule has 0 aliphatic rings. The topological polar surface area (TPSA) is 129 Å². The Labute approximate surface area is 142 Å². The zero-order chi connectivity index (χ0) is 17.4. The van der Waals surface area contributed by atoms with Gasteiger partial charge in [-0.3, -0.25) is 9.78 Å². The molecule has 0 fully saturated rings. The van der Waals surface area contributed by atoms with E-state index in [9.17, 15) is 5.11 Å². The molecule has 0 unspecified atom stereocenters. The van der Waals surface area contributed by atoms with E-state index in [1.807, 2.05) is 30.3 Å². The largest absolute Gasteiger partial charge is 0.390 e. The molecule has 124 valence electrons. The number of hydrogen-bond acceptors (Lipinski definition) is 6. The van der Waals surface area contributed by atoms with E-state index in [2.05, 4.69) is 20.3 Å². The summed E-state index contributed by atoms with van der Waals surface area (Å²) < 4.78 is 1.60. The lowest BCUT2D eigenvalue weighted by Crippen LogP contribution is -2.15. The minimum Gasteiger partial charge on any atom is -0.390 e. The molecule has 0 spiro atoms. The van der Waals surface area contributed by atoms with Crippen molar-refractivity contribution < 1.29 is 5.11 Å². The molecule has 3 aromatic heterocycles. The molecule has 4 aromatic rings. The Hall–Kier alpha value is -3.44. The summed E-state index contributed by atoms with van der Waals surface area (Å²) in [4.78, 5) is 4.47. The molecule has 4 N–H and O–H groups in total. The van der Waals surface area contributed by atoms with Crippen LogP contribution in [0.4, 0.5) is 5.82 Å². The average molecular weight is 333 g/mol. The first-order valence-corrected chi connectivity index (χ1v) is 7.77. The van der Waals surface area contributed by atoms with Gasteiger partial charge >= 0.3 is 0 Å². The Kier molecular flexibility index (Phi) is 3.56. The van der Waals surface area contributed by atoms with Crippen LogP contribution < -0.4 is 5.73 Å². The van der Waals surface area contributed by atoms with Gasteiger partial charge in [0.05, 0.1) is 41.7 Å². The van der Waals surface area contributed by atoms with Crippen molar-refractivity contribution in [2.45, 2.75) is 19.1 Å². The number of hydrogen-bond donors (Lipinski definition) is 3. The van der Waals surface area contributed by atoms with Gasteiger partial charge in [0.2, 0.25) is 0 Å². The SMILES string of the molecule is N#CC[C@H](O)Cn1cc2c(N)nc3cc(-c4cc[nH]n4)ccc3c2n1. The van der Waals surface area contributed by atoms with E-state index in [1.165, 1.54) is 0 Å². The zero-order valence-corrected chi connectivity index (χ0v) is 13.2. The number of nitrogens with two attached hydrogens (primary N) is 1. The average Bonchev–Trinajstić information content (AvgIpc) is 3.24. The van der Waals surface area contributed by atoms with Gasteiger partial charge in [-0.05, 0) is 18.2 Å². The van der Waals surface area contributed by atoms with Crippen LogP contribution in [0.1, 0.15) is 6.42 Å². The van der Waals surface area contributed by atoms with Crippen molar-refractivity contribution in [1.29, 1.82) is 5.26 Å². The maximum atomic E-state index is 9.81. The molecular formula is C17H15N7O. The highest BCUT2D eigenvalue weighted by atomic mass is 16.3. The number of fused-ring (bicyclic) bond motifs is 3.